The normalized spacial score (nSPS) is 12.9. The fourth-order valence-corrected chi connectivity index (χ4v) is 0.555. The summed E-state index contributed by atoms with van der Waals surface area (Å²) in [4.78, 5) is 0. The van der Waals surface area contributed by atoms with Crippen LogP contribution in [0.2, 0.25) is 0 Å². The molecule has 0 fully saturated rings. The summed E-state index contributed by atoms with van der Waals surface area (Å²) in [5.74, 6) is 0.377. The first kappa shape index (κ1) is 7.59. The van der Waals surface area contributed by atoms with Gasteiger partial charge in [0.2, 0.25) is 5.89 Å². The van der Waals surface area contributed by atoms with Crippen LogP contribution in [0, 0.1) is 0 Å². The van der Waals surface area contributed by atoms with E-state index in [1.165, 1.54) is 0 Å². The Morgan fingerprint density at radius 2 is 2.00 bits per heavy atom. The second-order valence-electron chi connectivity index (χ2n) is 2.25. The summed E-state index contributed by atoms with van der Waals surface area (Å²) in [6.07, 6.45) is 0. The third-order valence-corrected chi connectivity index (χ3v) is 1.35. The lowest BCUT2D eigenvalue weighted by Crippen LogP contribution is -1.95. The zero-order valence-electron chi connectivity index (χ0n) is 6.46. The summed E-state index contributed by atoms with van der Waals surface area (Å²) >= 11 is 0. The van der Waals surface area contributed by atoms with Gasteiger partial charge < -0.3 is 15.9 Å². The smallest absolute Gasteiger partial charge is 0.313 e. The van der Waals surface area contributed by atoms with Crippen molar-refractivity contribution in [1.29, 1.82) is 0 Å². The first-order valence-corrected chi connectivity index (χ1v) is 3.13. The molecule has 0 aromatic carbocycles. The summed E-state index contributed by atoms with van der Waals surface area (Å²) in [7, 11) is 0. The standard InChI is InChI=1S/C6H10N4O/c1-3(4(2)7)5-9-10-6(8)11-5/h7H2,1-2H3,(H2,8,10)/b4-3-. The molecular weight excluding hydrogens is 144 g/mol. The van der Waals surface area contributed by atoms with Crippen molar-refractivity contribution < 1.29 is 4.42 Å². The number of nitrogens with zero attached hydrogens (tertiary/aromatic N) is 2. The van der Waals surface area contributed by atoms with Crippen LogP contribution >= 0.6 is 0 Å². The zero-order chi connectivity index (χ0) is 8.43. The summed E-state index contributed by atoms with van der Waals surface area (Å²) in [6.45, 7) is 3.55. The average molecular weight is 154 g/mol. The Morgan fingerprint density at radius 1 is 1.36 bits per heavy atom. The van der Waals surface area contributed by atoms with Gasteiger partial charge in [0.1, 0.15) is 0 Å². The Hall–Kier alpha value is -1.52. The molecule has 0 unspecified atom stereocenters. The molecule has 1 heterocycles. The maximum absolute atomic E-state index is 5.49. The monoisotopic (exact) mass is 154 g/mol. The van der Waals surface area contributed by atoms with Crippen molar-refractivity contribution in [3.8, 4) is 0 Å². The Balaban J connectivity index is 3.03. The van der Waals surface area contributed by atoms with Gasteiger partial charge in [-0.3, -0.25) is 0 Å². The van der Waals surface area contributed by atoms with Crippen LogP contribution in [0.1, 0.15) is 19.7 Å². The molecule has 0 saturated carbocycles. The van der Waals surface area contributed by atoms with Crippen molar-refractivity contribution in [2.24, 2.45) is 5.73 Å². The molecule has 0 amide bonds. The van der Waals surface area contributed by atoms with Crippen molar-refractivity contribution in [3.63, 3.8) is 0 Å². The second kappa shape index (κ2) is 2.61. The third-order valence-electron chi connectivity index (χ3n) is 1.35. The average Bonchev–Trinajstić information content (AvgIpc) is 2.34. The van der Waals surface area contributed by atoms with Crippen LogP contribution in [0.25, 0.3) is 5.57 Å². The highest BCUT2D eigenvalue weighted by Gasteiger charge is 2.05. The fourth-order valence-electron chi connectivity index (χ4n) is 0.555. The summed E-state index contributed by atoms with van der Waals surface area (Å²) in [5, 5.41) is 7.15. The number of aromatic nitrogens is 2. The van der Waals surface area contributed by atoms with Gasteiger partial charge in [0.25, 0.3) is 0 Å². The highest BCUT2D eigenvalue weighted by atomic mass is 16.4. The first-order valence-electron chi connectivity index (χ1n) is 3.13. The van der Waals surface area contributed by atoms with Crippen molar-refractivity contribution in [3.05, 3.63) is 11.6 Å². The quantitative estimate of drug-likeness (QED) is 0.609. The van der Waals surface area contributed by atoms with E-state index in [4.69, 9.17) is 15.9 Å². The van der Waals surface area contributed by atoms with Gasteiger partial charge in [-0.15, -0.1) is 5.10 Å². The van der Waals surface area contributed by atoms with Gasteiger partial charge in [-0.25, -0.2) is 0 Å². The minimum Gasteiger partial charge on any atom is -0.404 e. The predicted octanol–water partition coefficient (Wildman–Crippen LogP) is 0.361. The van der Waals surface area contributed by atoms with Crippen LogP contribution in [-0.4, -0.2) is 10.2 Å². The molecule has 4 N–H and O–H groups in total. The van der Waals surface area contributed by atoms with Gasteiger partial charge in [0.05, 0.1) is 0 Å². The second-order valence-corrected chi connectivity index (χ2v) is 2.25. The number of hydrogen-bond acceptors (Lipinski definition) is 5. The summed E-state index contributed by atoms with van der Waals surface area (Å²) in [6, 6.07) is 0.0561. The van der Waals surface area contributed by atoms with E-state index in [1.54, 1.807) is 13.8 Å². The van der Waals surface area contributed by atoms with Crippen molar-refractivity contribution in [1.82, 2.24) is 10.2 Å². The number of anilines is 1. The van der Waals surface area contributed by atoms with Crippen LogP contribution in [0.5, 0.6) is 0 Å². The van der Waals surface area contributed by atoms with Crippen LogP contribution in [-0.2, 0) is 0 Å². The maximum Gasteiger partial charge on any atom is 0.313 e. The van der Waals surface area contributed by atoms with Crippen LogP contribution in [0.3, 0.4) is 0 Å². The number of rotatable bonds is 1. The van der Waals surface area contributed by atoms with E-state index < -0.39 is 0 Å². The van der Waals surface area contributed by atoms with Gasteiger partial charge >= 0.3 is 6.01 Å². The lowest BCUT2D eigenvalue weighted by Gasteiger charge is -1.94. The highest BCUT2D eigenvalue weighted by molar-refractivity contribution is 5.58. The van der Waals surface area contributed by atoms with E-state index in [0.29, 0.717) is 11.6 Å². The molecule has 60 valence electrons. The Morgan fingerprint density at radius 3 is 2.36 bits per heavy atom. The van der Waals surface area contributed by atoms with Crippen molar-refractivity contribution in [2.75, 3.05) is 5.73 Å². The number of hydrogen-bond donors (Lipinski definition) is 2. The van der Waals surface area contributed by atoms with Gasteiger partial charge in [-0.05, 0) is 13.8 Å². The van der Waals surface area contributed by atoms with Crippen LogP contribution < -0.4 is 11.5 Å². The van der Waals surface area contributed by atoms with Gasteiger partial charge in [-0.2, -0.15) is 0 Å². The van der Waals surface area contributed by atoms with Crippen LogP contribution in [0.15, 0.2) is 10.1 Å². The highest BCUT2D eigenvalue weighted by Crippen LogP contribution is 2.14. The van der Waals surface area contributed by atoms with Gasteiger partial charge in [0.15, 0.2) is 0 Å². The summed E-state index contributed by atoms with van der Waals surface area (Å²) in [5.41, 5.74) is 12.1. The molecule has 1 rings (SSSR count). The number of nitrogens with two attached hydrogens (primary N) is 2. The molecule has 0 aliphatic carbocycles. The van der Waals surface area contributed by atoms with E-state index in [0.717, 1.165) is 5.57 Å². The molecule has 11 heavy (non-hydrogen) atoms. The minimum absolute atomic E-state index is 0.0561. The molecule has 1 aromatic rings. The molecule has 0 aliphatic rings. The predicted molar refractivity (Wildman–Crippen MR) is 41.2 cm³/mol. The Bertz CT molecular complexity index is 285. The first-order chi connectivity index (χ1) is 5.11. The number of allylic oxidation sites excluding steroid dienone is 2. The van der Waals surface area contributed by atoms with Gasteiger partial charge in [-0.1, -0.05) is 5.10 Å². The molecule has 5 nitrogen and oxygen atoms in total. The van der Waals surface area contributed by atoms with Crippen molar-refractivity contribution in [2.45, 2.75) is 13.8 Å². The summed E-state index contributed by atoms with van der Waals surface area (Å²) < 4.78 is 4.92. The third kappa shape index (κ3) is 1.49. The Kier molecular flexibility index (Phi) is 1.80. The molecule has 0 saturated heterocycles. The molecule has 5 heteroatoms. The topological polar surface area (TPSA) is 91.0 Å². The molecule has 0 radical (unpaired) electrons. The van der Waals surface area contributed by atoms with E-state index in [9.17, 15) is 0 Å². The molecule has 0 atom stereocenters. The van der Waals surface area contributed by atoms with Gasteiger partial charge in [0, 0.05) is 11.3 Å². The molecule has 0 aliphatic heterocycles. The minimum atomic E-state index is 0.0561. The van der Waals surface area contributed by atoms with Crippen molar-refractivity contribution >= 4 is 11.6 Å². The molecule has 0 bridgehead atoms. The van der Waals surface area contributed by atoms with Crippen LogP contribution in [0.4, 0.5) is 6.01 Å². The molecular formula is C6H10N4O. The molecule has 0 spiro atoms. The SMILES string of the molecule is C/C(N)=C(\C)c1nnc(N)o1. The van der Waals surface area contributed by atoms with E-state index >= 15 is 0 Å². The molecule has 1 aromatic heterocycles. The Labute approximate surface area is 64.1 Å². The lowest BCUT2D eigenvalue weighted by atomic mass is 10.2. The van der Waals surface area contributed by atoms with E-state index in [1.807, 2.05) is 0 Å². The maximum atomic E-state index is 5.49. The largest absolute Gasteiger partial charge is 0.404 e. The van der Waals surface area contributed by atoms with E-state index in [2.05, 4.69) is 10.2 Å². The fraction of sp³-hybridized carbons (Fsp3) is 0.333. The zero-order valence-corrected chi connectivity index (χ0v) is 6.46. The van der Waals surface area contributed by atoms with E-state index in [-0.39, 0.29) is 6.01 Å². The number of nitrogen functional groups attached to an aromatic ring is 1. The lowest BCUT2D eigenvalue weighted by molar-refractivity contribution is 0.557.